The van der Waals surface area contributed by atoms with Crippen molar-refractivity contribution in [1.82, 2.24) is 19.7 Å². The average Bonchev–Trinajstić information content (AvgIpc) is 3.41. The van der Waals surface area contributed by atoms with Gasteiger partial charge in [-0.3, -0.25) is 14.3 Å². The second kappa shape index (κ2) is 9.90. The van der Waals surface area contributed by atoms with E-state index < -0.39 is 5.60 Å². The molecule has 2 aliphatic heterocycles. The lowest BCUT2D eigenvalue weighted by atomic mass is 9.83. The Morgan fingerprint density at radius 2 is 1.73 bits per heavy atom. The van der Waals surface area contributed by atoms with Gasteiger partial charge in [-0.15, -0.1) is 0 Å². The predicted octanol–water partition coefficient (Wildman–Crippen LogP) is 5.51. The Hall–Kier alpha value is -4.40. The number of benzene rings is 2. The van der Waals surface area contributed by atoms with Crippen LogP contribution in [-0.2, 0) is 5.54 Å². The molecule has 1 fully saturated rings. The first-order chi connectivity index (χ1) is 19.6. The first kappa shape index (κ1) is 26.8. The van der Waals surface area contributed by atoms with Gasteiger partial charge in [0.1, 0.15) is 5.60 Å². The van der Waals surface area contributed by atoms with E-state index in [4.69, 9.17) is 19.2 Å². The SMILES string of the molecule is COc1ccc(-c2cc(C(=O)N3CCC4(CC3)CC(=O)c3nn(C(C)(C)C)cc3O4)c3ccccc3n2)cc1OC. The first-order valence-electron chi connectivity index (χ1n) is 13.8. The van der Waals surface area contributed by atoms with E-state index in [9.17, 15) is 9.59 Å². The summed E-state index contributed by atoms with van der Waals surface area (Å²) in [6.45, 7) is 7.08. The number of hydrogen-bond donors (Lipinski definition) is 0. The van der Waals surface area contributed by atoms with E-state index in [1.807, 2.05) is 80.4 Å². The number of Topliss-reactive ketones (excluding diaryl/α,β-unsaturated/α-hetero) is 1. The highest BCUT2D eigenvalue weighted by Crippen LogP contribution is 2.40. The van der Waals surface area contributed by atoms with Gasteiger partial charge in [0.25, 0.3) is 5.91 Å². The second-order valence-corrected chi connectivity index (χ2v) is 11.8. The van der Waals surface area contributed by atoms with Crippen LogP contribution < -0.4 is 14.2 Å². The molecule has 0 saturated carbocycles. The number of ether oxygens (including phenoxy) is 3. The van der Waals surface area contributed by atoms with Crippen molar-refractivity contribution in [2.24, 2.45) is 0 Å². The number of para-hydroxylation sites is 1. The van der Waals surface area contributed by atoms with Crippen molar-refractivity contribution in [2.45, 2.75) is 51.2 Å². The topological polar surface area (TPSA) is 95.8 Å². The predicted molar refractivity (Wildman–Crippen MR) is 155 cm³/mol. The smallest absolute Gasteiger partial charge is 0.254 e. The molecule has 9 heteroatoms. The number of aromatic nitrogens is 3. The van der Waals surface area contributed by atoms with Crippen LogP contribution in [0.2, 0.25) is 0 Å². The number of amides is 1. The fourth-order valence-electron chi connectivity index (χ4n) is 5.68. The standard InChI is InChI=1S/C32H34N4O5/c1-31(2,3)36-19-28-29(34-36)25(37)18-32(41-28)12-14-35(15-13-32)30(38)22-17-24(33-23-9-7-6-8-21(22)23)20-10-11-26(39-4)27(16-20)40-5/h6-11,16-17,19H,12-15,18H2,1-5H3. The second-order valence-electron chi connectivity index (χ2n) is 11.8. The van der Waals surface area contributed by atoms with Gasteiger partial charge in [-0.1, -0.05) is 18.2 Å². The summed E-state index contributed by atoms with van der Waals surface area (Å²) >= 11 is 0. The number of likely N-dealkylation sites (tertiary alicyclic amines) is 1. The van der Waals surface area contributed by atoms with Crippen LogP contribution in [0.15, 0.2) is 54.7 Å². The molecule has 4 heterocycles. The van der Waals surface area contributed by atoms with Gasteiger partial charge in [0, 0.05) is 36.9 Å². The van der Waals surface area contributed by atoms with E-state index in [1.165, 1.54) is 0 Å². The minimum atomic E-state index is -0.627. The molecule has 0 radical (unpaired) electrons. The number of fused-ring (bicyclic) bond motifs is 2. The van der Waals surface area contributed by atoms with Crippen molar-refractivity contribution in [3.63, 3.8) is 0 Å². The Morgan fingerprint density at radius 1 is 1.00 bits per heavy atom. The molecule has 0 aliphatic carbocycles. The summed E-state index contributed by atoms with van der Waals surface area (Å²) in [4.78, 5) is 33.8. The van der Waals surface area contributed by atoms with E-state index in [0.717, 1.165) is 16.5 Å². The monoisotopic (exact) mass is 554 g/mol. The maximum Gasteiger partial charge on any atom is 0.254 e. The Morgan fingerprint density at radius 3 is 2.44 bits per heavy atom. The molecule has 2 aliphatic rings. The molecule has 41 heavy (non-hydrogen) atoms. The normalized spacial score (nSPS) is 16.4. The molecule has 0 bridgehead atoms. The molecule has 1 spiro atoms. The summed E-state index contributed by atoms with van der Waals surface area (Å²) < 4.78 is 19.1. The van der Waals surface area contributed by atoms with Gasteiger partial charge in [-0.05, 0) is 51.1 Å². The van der Waals surface area contributed by atoms with Crippen molar-refractivity contribution in [3.05, 3.63) is 66.0 Å². The van der Waals surface area contributed by atoms with Gasteiger partial charge >= 0.3 is 0 Å². The number of carbonyl (C=O) groups is 2. The summed E-state index contributed by atoms with van der Waals surface area (Å²) in [6.07, 6.45) is 3.22. The maximum atomic E-state index is 14.0. The number of rotatable bonds is 4. The number of ketones is 1. The number of pyridine rings is 1. The van der Waals surface area contributed by atoms with Crippen LogP contribution in [0.25, 0.3) is 22.2 Å². The van der Waals surface area contributed by atoms with E-state index >= 15 is 0 Å². The van der Waals surface area contributed by atoms with E-state index in [0.29, 0.717) is 60.1 Å². The van der Waals surface area contributed by atoms with Gasteiger partial charge < -0.3 is 19.1 Å². The van der Waals surface area contributed by atoms with Crippen LogP contribution in [0.4, 0.5) is 0 Å². The van der Waals surface area contributed by atoms with Crippen molar-refractivity contribution in [2.75, 3.05) is 27.3 Å². The van der Waals surface area contributed by atoms with Crippen LogP contribution in [0, 0.1) is 0 Å². The average molecular weight is 555 g/mol. The molecule has 0 N–H and O–H groups in total. The van der Waals surface area contributed by atoms with Crippen LogP contribution in [-0.4, -0.2) is 64.3 Å². The van der Waals surface area contributed by atoms with Crippen LogP contribution in [0.3, 0.4) is 0 Å². The fraction of sp³-hybridized carbons (Fsp3) is 0.375. The molecule has 1 saturated heterocycles. The zero-order chi connectivity index (χ0) is 28.9. The molecule has 2 aromatic heterocycles. The van der Waals surface area contributed by atoms with Crippen molar-refractivity contribution < 1.29 is 23.8 Å². The van der Waals surface area contributed by atoms with Crippen LogP contribution in [0.5, 0.6) is 17.2 Å². The Balaban J connectivity index is 1.27. The first-order valence-corrected chi connectivity index (χ1v) is 13.8. The van der Waals surface area contributed by atoms with Crippen molar-refractivity contribution in [1.29, 1.82) is 0 Å². The van der Waals surface area contributed by atoms with Crippen LogP contribution in [0.1, 0.15) is 60.9 Å². The third-order valence-corrected chi connectivity index (χ3v) is 8.03. The molecule has 9 nitrogen and oxygen atoms in total. The molecule has 6 rings (SSSR count). The van der Waals surface area contributed by atoms with E-state index in [2.05, 4.69) is 5.10 Å². The van der Waals surface area contributed by atoms with Crippen molar-refractivity contribution >= 4 is 22.6 Å². The maximum absolute atomic E-state index is 14.0. The summed E-state index contributed by atoms with van der Waals surface area (Å²) in [5, 5.41) is 5.30. The Kier molecular flexibility index (Phi) is 6.47. The van der Waals surface area contributed by atoms with Gasteiger partial charge in [-0.25, -0.2) is 4.98 Å². The zero-order valence-electron chi connectivity index (χ0n) is 24.1. The van der Waals surface area contributed by atoms with Crippen molar-refractivity contribution in [3.8, 4) is 28.5 Å². The minimum absolute atomic E-state index is 0.00582. The molecule has 212 valence electrons. The highest BCUT2D eigenvalue weighted by atomic mass is 16.5. The van der Waals surface area contributed by atoms with E-state index in [-0.39, 0.29) is 23.7 Å². The highest BCUT2D eigenvalue weighted by molar-refractivity contribution is 6.07. The zero-order valence-corrected chi connectivity index (χ0v) is 24.1. The quantitative estimate of drug-likeness (QED) is 0.328. The summed E-state index contributed by atoms with van der Waals surface area (Å²) in [6, 6.07) is 15.1. The Bertz CT molecular complexity index is 1660. The number of piperidine rings is 1. The van der Waals surface area contributed by atoms with Gasteiger partial charge in [0.15, 0.2) is 28.7 Å². The number of nitrogens with zero attached hydrogens (tertiary/aromatic N) is 4. The molecular weight excluding hydrogens is 520 g/mol. The number of hydrogen-bond acceptors (Lipinski definition) is 7. The lowest BCUT2D eigenvalue weighted by Crippen LogP contribution is -2.52. The van der Waals surface area contributed by atoms with Gasteiger partial charge in [0.05, 0.1) is 49.2 Å². The molecule has 4 aromatic rings. The fourth-order valence-corrected chi connectivity index (χ4v) is 5.68. The molecule has 1 amide bonds. The van der Waals surface area contributed by atoms with Gasteiger partial charge in [-0.2, -0.15) is 5.10 Å². The summed E-state index contributed by atoms with van der Waals surface area (Å²) in [7, 11) is 3.19. The number of methoxy groups -OCH3 is 2. The highest BCUT2D eigenvalue weighted by Gasteiger charge is 2.45. The largest absolute Gasteiger partial charge is 0.493 e. The van der Waals surface area contributed by atoms with E-state index in [1.54, 1.807) is 18.9 Å². The molecule has 2 aromatic carbocycles. The van der Waals surface area contributed by atoms with Crippen LogP contribution >= 0.6 is 0 Å². The van der Waals surface area contributed by atoms with Gasteiger partial charge in [0.2, 0.25) is 0 Å². The summed E-state index contributed by atoms with van der Waals surface area (Å²) in [5.41, 5.74) is 2.33. The lowest BCUT2D eigenvalue weighted by molar-refractivity contribution is -0.00581. The number of carbonyl (C=O) groups excluding carboxylic acids is 2. The molecular formula is C32H34N4O5. The Labute approximate surface area is 239 Å². The third-order valence-electron chi connectivity index (χ3n) is 8.03. The lowest BCUT2D eigenvalue weighted by Gasteiger charge is -2.43. The summed E-state index contributed by atoms with van der Waals surface area (Å²) in [5.74, 6) is 1.68. The molecule has 0 atom stereocenters. The minimum Gasteiger partial charge on any atom is -0.493 e. The third kappa shape index (κ3) is 4.79. The molecule has 0 unspecified atom stereocenters.